The Morgan fingerprint density at radius 3 is 2.54 bits per heavy atom. The first-order chi connectivity index (χ1) is 13.4. The van der Waals surface area contributed by atoms with Crippen molar-refractivity contribution in [3.63, 3.8) is 0 Å². The molecule has 1 fully saturated rings. The maximum absolute atomic E-state index is 13.0. The zero-order valence-electron chi connectivity index (χ0n) is 16.0. The van der Waals surface area contributed by atoms with Crippen LogP contribution < -0.4 is 9.46 Å². The van der Waals surface area contributed by atoms with Crippen LogP contribution in [-0.4, -0.2) is 45.7 Å². The zero-order chi connectivity index (χ0) is 20.1. The molecule has 6 nitrogen and oxygen atoms in total. The number of nitrogens with zero attached hydrogens (tertiary/aromatic N) is 1. The smallest absolute Gasteiger partial charge is 0.261 e. The molecule has 1 saturated heterocycles. The summed E-state index contributed by atoms with van der Waals surface area (Å²) in [4.78, 5) is 15.6. The van der Waals surface area contributed by atoms with Crippen molar-refractivity contribution >= 4 is 33.4 Å². The number of carbonyl (C=O) groups excluding carboxylic acids is 1. The lowest BCUT2D eigenvalue weighted by atomic mass is 10.1. The van der Waals surface area contributed by atoms with Crippen LogP contribution in [-0.2, 0) is 10.0 Å². The molecule has 0 radical (unpaired) electrons. The van der Waals surface area contributed by atoms with Gasteiger partial charge in [-0.25, -0.2) is 8.42 Å². The summed E-state index contributed by atoms with van der Waals surface area (Å²) in [7, 11) is -2.31. The van der Waals surface area contributed by atoms with Crippen molar-refractivity contribution in [3.8, 4) is 5.75 Å². The average Bonchev–Trinajstić information content (AvgIpc) is 2.73. The largest absolute Gasteiger partial charge is 0.497 e. The Hall–Kier alpha value is -2.19. The van der Waals surface area contributed by atoms with Crippen molar-refractivity contribution < 1.29 is 17.9 Å². The number of carbonyl (C=O) groups is 1. The van der Waals surface area contributed by atoms with Crippen LogP contribution in [0.1, 0.15) is 29.6 Å². The predicted molar refractivity (Wildman–Crippen MR) is 112 cm³/mol. The van der Waals surface area contributed by atoms with E-state index in [9.17, 15) is 13.2 Å². The third-order valence-electron chi connectivity index (χ3n) is 4.68. The highest BCUT2D eigenvalue weighted by molar-refractivity contribution is 7.98. The summed E-state index contributed by atoms with van der Waals surface area (Å²) in [6, 6.07) is 11.4. The van der Waals surface area contributed by atoms with Crippen molar-refractivity contribution in [3.05, 3.63) is 48.0 Å². The third kappa shape index (κ3) is 4.62. The summed E-state index contributed by atoms with van der Waals surface area (Å²) >= 11 is 1.44. The number of hydrogen-bond donors (Lipinski definition) is 1. The second-order valence-electron chi connectivity index (χ2n) is 6.55. The first-order valence-electron chi connectivity index (χ1n) is 9.09. The molecule has 1 aliphatic rings. The molecule has 0 bridgehead atoms. The number of likely N-dealkylation sites (tertiary alicyclic amines) is 1. The topological polar surface area (TPSA) is 75.7 Å². The van der Waals surface area contributed by atoms with Crippen LogP contribution >= 0.6 is 11.8 Å². The second-order valence-corrected chi connectivity index (χ2v) is 9.08. The molecule has 3 rings (SSSR count). The maximum atomic E-state index is 13.0. The number of amides is 1. The number of rotatable bonds is 6. The van der Waals surface area contributed by atoms with E-state index in [1.54, 1.807) is 30.3 Å². The molecule has 0 atom stereocenters. The SMILES string of the molecule is COc1cccc(NS(=O)(=O)c2ccc(SC)c(C(=O)N3CCCCC3)c2)c1. The van der Waals surface area contributed by atoms with Crippen LogP contribution in [0.15, 0.2) is 52.3 Å². The highest BCUT2D eigenvalue weighted by Gasteiger charge is 2.24. The van der Waals surface area contributed by atoms with E-state index in [1.165, 1.54) is 31.0 Å². The van der Waals surface area contributed by atoms with Crippen molar-refractivity contribution in [2.75, 3.05) is 31.2 Å². The molecule has 1 amide bonds. The molecule has 2 aromatic rings. The highest BCUT2D eigenvalue weighted by Crippen LogP contribution is 2.27. The fourth-order valence-corrected chi connectivity index (χ4v) is 4.83. The number of ether oxygens (including phenoxy) is 1. The molecule has 2 aromatic carbocycles. The molecular formula is C20H24N2O4S2. The lowest BCUT2D eigenvalue weighted by Gasteiger charge is -2.27. The standard InChI is InChI=1S/C20H24N2O4S2/c1-26-16-8-6-7-15(13-16)21-28(24,25)17-9-10-19(27-2)18(14-17)20(23)22-11-4-3-5-12-22/h6-10,13-14,21H,3-5,11-12H2,1-2H3. The van der Waals surface area contributed by atoms with Gasteiger partial charge in [-0.05, 0) is 55.9 Å². The minimum Gasteiger partial charge on any atom is -0.497 e. The highest BCUT2D eigenvalue weighted by atomic mass is 32.2. The Balaban J connectivity index is 1.91. The van der Waals surface area contributed by atoms with E-state index in [2.05, 4.69) is 4.72 Å². The van der Waals surface area contributed by atoms with E-state index >= 15 is 0 Å². The molecule has 0 aliphatic carbocycles. The van der Waals surface area contributed by atoms with Crippen LogP contribution in [0, 0.1) is 0 Å². The number of anilines is 1. The minimum atomic E-state index is -3.84. The summed E-state index contributed by atoms with van der Waals surface area (Å²) in [6.45, 7) is 1.43. The van der Waals surface area contributed by atoms with Gasteiger partial charge in [0.05, 0.1) is 23.3 Å². The zero-order valence-corrected chi connectivity index (χ0v) is 17.6. The lowest BCUT2D eigenvalue weighted by Crippen LogP contribution is -2.36. The number of methoxy groups -OCH3 is 1. The van der Waals surface area contributed by atoms with E-state index in [0.29, 0.717) is 30.1 Å². The van der Waals surface area contributed by atoms with E-state index in [-0.39, 0.29) is 10.8 Å². The van der Waals surface area contributed by atoms with Gasteiger partial charge in [0.1, 0.15) is 5.75 Å². The minimum absolute atomic E-state index is 0.0634. The molecule has 8 heteroatoms. The van der Waals surface area contributed by atoms with Crippen molar-refractivity contribution in [1.29, 1.82) is 0 Å². The monoisotopic (exact) mass is 420 g/mol. The van der Waals surface area contributed by atoms with Gasteiger partial charge in [0.2, 0.25) is 0 Å². The number of hydrogen-bond acceptors (Lipinski definition) is 5. The van der Waals surface area contributed by atoms with Gasteiger partial charge in [-0.15, -0.1) is 11.8 Å². The molecule has 28 heavy (non-hydrogen) atoms. The van der Waals surface area contributed by atoms with Crippen molar-refractivity contribution in [2.45, 2.75) is 29.1 Å². The van der Waals surface area contributed by atoms with Gasteiger partial charge in [0.15, 0.2) is 0 Å². The Kier molecular flexibility index (Phi) is 6.51. The summed E-state index contributed by atoms with van der Waals surface area (Å²) in [5, 5.41) is 0. The number of nitrogens with one attached hydrogen (secondary N) is 1. The summed E-state index contributed by atoms with van der Waals surface area (Å²) in [6.07, 6.45) is 4.97. The van der Waals surface area contributed by atoms with E-state index in [0.717, 1.165) is 24.2 Å². The van der Waals surface area contributed by atoms with Gasteiger partial charge in [0, 0.05) is 24.1 Å². The fraction of sp³-hybridized carbons (Fsp3) is 0.350. The van der Waals surface area contributed by atoms with Crippen LogP contribution in [0.5, 0.6) is 5.75 Å². The van der Waals surface area contributed by atoms with Gasteiger partial charge < -0.3 is 9.64 Å². The van der Waals surface area contributed by atoms with E-state index in [4.69, 9.17) is 4.74 Å². The van der Waals surface area contributed by atoms with Crippen molar-refractivity contribution in [1.82, 2.24) is 4.90 Å². The number of thioether (sulfide) groups is 1. The fourth-order valence-electron chi connectivity index (χ4n) is 3.19. The van der Waals surface area contributed by atoms with Crippen molar-refractivity contribution in [2.24, 2.45) is 0 Å². The van der Waals surface area contributed by atoms with Gasteiger partial charge in [-0.1, -0.05) is 6.07 Å². The molecule has 0 spiro atoms. The van der Waals surface area contributed by atoms with Gasteiger partial charge in [-0.3, -0.25) is 9.52 Å². The van der Waals surface area contributed by atoms with Gasteiger partial charge in [-0.2, -0.15) is 0 Å². The Bertz CT molecular complexity index is 954. The first kappa shape index (κ1) is 20.5. The molecule has 1 N–H and O–H groups in total. The molecular weight excluding hydrogens is 396 g/mol. The molecule has 150 valence electrons. The quantitative estimate of drug-likeness (QED) is 0.719. The average molecular weight is 421 g/mol. The van der Waals surface area contributed by atoms with Crippen LogP contribution in [0.4, 0.5) is 5.69 Å². The lowest BCUT2D eigenvalue weighted by molar-refractivity contribution is 0.0720. The number of benzene rings is 2. The summed E-state index contributed by atoms with van der Waals surface area (Å²) in [5.74, 6) is 0.446. The molecule has 0 unspecified atom stereocenters. The molecule has 1 heterocycles. The molecule has 0 saturated carbocycles. The summed E-state index contributed by atoms with van der Waals surface area (Å²) < 4.78 is 33.4. The molecule has 0 aromatic heterocycles. The number of sulfonamides is 1. The number of piperidine rings is 1. The molecule has 1 aliphatic heterocycles. The van der Waals surface area contributed by atoms with E-state index < -0.39 is 10.0 Å². The summed E-state index contributed by atoms with van der Waals surface area (Å²) in [5.41, 5.74) is 0.833. The van der Waals surface area contributed by atoms with Crippen LogP contribution in [0.3, 0.4) is 0 Å². The predicted octanol–water partition coefficient (Wildman–Crippen LogP) is 3.84. The first-order valence-corrected chi connectivity index (χ1v) is 11.8. The van der Waals surface area contributed by atoms with Crippen LogP contribution in [0.2, 0.25) is 0 Å². The van der Waals surface area contributed by atoms with Crippen LogP contribution in [0.25, 0.3) is 0 Å². The van der Waals surface area contributed by atoms with E-state index in [1.807, 2.05) is 11.2 Å². The third-order valence-corrected chi connectivity index (χ3v) is 6.85. The Labute approximate surface area is 170 Å². The Morgan fingerprint density at radius 2 is 1.86 bits per heavy atom. The Morgan fingerprint density at radius 1 is 1.11 bits per heavy atom. The van der Waals surface area contributed by atoms with Gasteiger partial charge in [0.25, 0.3) is 15.9 Å². The maximum Gasteiger partial charge on any atom is 0.261 e. The normalized spacial score (nSPS) is 14.6. The van der Waals surface area contributed by atoms with Gasteiger partial charge >= 0.3 is 0 Å². The second kappa shape index (κ2) is 8.87.